The summed E-state index contributed by atoms with van der Waals surface area (Å²) in [5, 5.41) is 21.8. The molecule has 18 heavy (non-hydrogen) atoms. The van der Waals surface area contributed by atoms with Gasteiger partial charge in [0.25, 0.3) is 0 Å². The lowest BCUT2D eigenvalue weighted by Gasteiger charge is -2.14. The van der Waals surface area contributed by atoms with E-state index in [1.165, 1.54) is 7.11 Å². The minimum atomic E-state index is 0.120. The number of aliphatic hydroxyl groups is 1. The van der Waals surface area contributed by atoms with Crippen molar-refractivity contribution in [2.45, 2.75) is 32.4 Å². The maximum absolute atomic E-state index is 9.70. The van der Waals surface area contributed by atoms with Gasteiger partial charge < -0.3 is 20.3 Å². The monoisotopic (exact) mass is 317 g/mol. The number of halogens is 1. The summed E-state index contributed by atoms with van der Waals surface area (Å²) in [4.78, 5) is 0. The van der Waals surface area contributed by atoms with Gasteiger partial charge in [-0.05, 0) is 53.4 Å². The number of phenolic OH excluding ortho intramolecular Hbond substituents is 1. The molecule has 0 saturated carbocycles. The van der Waals surface area contributed by atoms with Gasteiger partial charge in [0.15, 0.2) is 11.5 Å². The van der Waals surface area contributed by atoms with Gasteiger partial charge in [-0.15, -0.1) is 0 Å². The minimum absolute atomic E-state index is 0.120. The molecule has 0 fully saturated rings. The predicted molar refractivity (Wildman–Crippen MR) is 75.0 cm³/mol. The van der Waals surface area contributed by atoms with E-state index in [9.17, 15) is 5.11 Å². The van der Waals surface area contributed by atoms with Crippen LogP contribution in [0.5, 0.6) is 11.5 Å². The Kier molecular flexibility index (Phi) is 6.46. The van der Waals surface area contributed by atoms with Crippen LogP contribution in [0.15, 0.2) is 16.6 Å². The van der Waals surface area contributed by atoms with Crippen LogP contribution in [0, 0.1) is 0 Å². The Labute approximate surface area is 116 Å². The molecule has 3 N–H and O–H groups in total. The van der Waals surface area contributed by atoms with Gasteiger partial charge in [-0.2, -0.15) is 0 Å². The highest BCUT2D eigenvalue weighted by molar-refractivity contribution is 9.10. The highest BCUT2D eigenvalue weighted by atomic mass is 79.9. The first-order valence-corrected chi connectivity index (χ1v) is 6.77. The molecule has 1 rings (SSSR count). The van der Waals surface area contributed by atoms with Crippen molar-refractivity contribution in [3.05, 3.63) is 22.2 Å². The third kappa shape index (κ3) is 4.48. The first kappa shape index (κ1) is 15.3. The van der Waals surface area contributed by atoms with Crippen molar-refractivity contribution in [1.29, 1.82) is 0 Å². The molecule has 0 aliphatic carbocycles. The Hall–Kier alpha value is -0.780. The summed E-state index contributed by atoms with van der Waals surface area (Å²) in [6.45, 7) is 3.01. The molecule has 0 heterocycles. The second kappa shape index (κ2) is 7.61. The molecule has 1 aromatic carbocycles. The zero-order valence-electron chi connectivity index (χ0n) is 10.7. The van der Waals surface area contributed by atoms with Gasteiger partial charge in [-0.3, -0.25) is 0 Å². The van der Waals surface area contributed by atoms with Crippen LogP contribution in [0.25, 0.3) is 0 Å². The maximum atomic E-state index is 9.70. The fourth-order valence-electron chi connectivity index (χ4n) is 1.68. The summed E-state index contributed by atoms with van der Waals surface area (Å²) in [6, 6.07) is 4.02. The largest absolute Gasteiger partial charge is 0.503 e. The molecule has 0 radical (unpaired) electrons. The number of benzene rings is 1. The molecule has 0 spiro atoms. The summed E-state index contributed by atoms with van der Waals surface area (Å²) in [7, 11) is 1.53. The maximum Gasteiger partial charge on any atom is 0.172 e. The van der Waals surface area contributed by atoms with Crippen LogP contribution in [-0.4, -0.2) is 30.0 Å². The molecule has 4 nitrogen and oxygen atoms in total. The number of hydrogen-bond donors (Lipinski definition) is 3. The van der Waals surface area contributed by atoms with Crippen LogP contribution >= 0.6 is 15.9 Å². The molecule has 5 heteroatoms. The molecule has 0 amide bonds. The van der Waals surface area contributed by atoms with E-state index in [0.29, 0.717) is 22.8 Å². The fourth-order valence-corrected chi connectivity index (χ4v) is 2.17. The number of rotatable bonds is 7. The molecule has 0 bridgehead atoms. The van der Waals surface area contributed by atoms with Crippen LogP contribution in [0.2, 0.25) is 0 Å². The first-order chi connectivity index (χ1) is 8.58. The van der Waals surface area contributed by atoms with Gasteiger partial charge in [-0.1, -0.05) is 0 Å². The van der Waals surface area contributed by atoms with E-state index < -0.39 is 0 Å². The molecule has 1 unspecified atom stereocenters. The fraction of sp³-hybridized carbons (Fsp3) is 0.538. The second-order valence-corrected chi connectivity index (χ2v) is 5.13. The van der Waals surface area contributed by atoms with Gasteiger partial charge in [0.05, 0.1) is 11.6 Å². The number of aromatic hydroxyl groups is 1. The third-order valence-corrected chi connectivity index (χ3v) is 3.36. The van der Waals surface area contributed by atoms with Gasteiger partial charge >= 0.3 is 0 Å². The summed E-state index contributed by atoms with van der Waals surface area (Å²) >= 11 is 3.30. The van der Waals surface area contributed by atoms with Crippen LogP contribution in [0.4, 0.5) is 0 Å². The molecule has 0 aliphatic heterocycles. The van der Waals surface area contributed by atoms with E-state index in [1.807, 2.05) is 12.1 Å². The molecular weight excluding hydrogens is 298 g/mol. The summed E-state index contributed by atoms with van der Waals surface area (Å²) < 4.78 is 5.72. The van der Waals surface area contributed by atoms with Crippen LogP contribution in [0.1, 0.15) is 25.3 Å². The van der Waals surface area contributed by atoms with Crippen molar-refractivity contribution in [3.63, 3.8) is 0 Å². The quantitative estimate of drug-likeness (QED) is 0.722. The number of aliphatic hydroxyl groups excluding tert-OH is 1. The number of methoxy groups -OCH3 is 1. The lowest BCUT2D eigenvalue weighted by Crippen LogP contribution is -2.25. The molecule has 0 aliphatic rings. The standard InChI is InChI=1S/C13H20BrNO3/c1-9(4-3-5-16)15-8-10-6-11(14)13(17)12(7-10)18-2/h6-7,9,15-17H,3-5,8H2,1-2H3. The zero-order chi connectivity index (χ0) is 13.5. The Morgan fingerprint density at radius 2 is 2.17 bits per heavy atom. The predicted octanol–water partition coefficient (Wildman–Crippen LogP) is 2.41. The molecule has 0 saturated heterocycles. The highest BCUT2D eigenvalue weighted by Gasteiger charge is 2.09. The number of hydrogen-bond acceptors (Lipinski definition) is 4. The highest BCUT2D eigenvalue weighted by Crippen LogP contribution is 2.35. The third-order valence-electron chi connectivity index (χ3n) is 2.76. The van der Waals surface area contributed by atoms with E-state index >= 15 is 0 Å². The van der Waals surface area contributed by atoms with Crippen molar-refractivity contribution >= 4 is 15.9 Å². The van der Waals surface area contributed by atoms with Crippen molar-refractivity contribution in [1.82, 2.24) is 5.32 Å². The number of phenols is 1. The van der Waals surface area contributed by atoms with Gasteiger partial charge in [0.2, 0.25) is 0 Å². The van der Waals surface area contributed by atoms with E-state index in [0.717, 1.165) is 18.4 Å². The Bertz CT molecular complexity index is 385. The second-order valence-electron chi connectivity index (χ2n) is 4.28. The van der Waals surface area contributed by atoms with Crippen LogP contribution in [0.3, 0.4) is 0 Å². The lowest BCUT2D eigenvalue weighted by molar-refractivity contribution is 0.276. The molecule has 102 valence electrons. The van der Waals surface area contributed by atoms with Crippen molar-refractivity contribution in [2.75, 3.05) is 13.7 Å². The average molecular weight is 318 g/mol. The lowest BCUT2D eigenvalue weighted by atomic mass is 10.1. The van der Waals surface area contributed by atoms with Crippen LogP contribution in [-0.2, 0) is 6.54 Å². The molecule has 0 aromatic heterocycles. The topological polar surface area (TPSA) is 61.7 Å². The van der Waals surface area contributed by atoms with Crippen molar-refractivity contribution in [2.24, 2.45) is 0 Å². The van der Waals surface area contributed by atoms with Gasteiger partial charge in [0, 0.05) is 19.2 Å². The molecular formula is C13H20BrNO3. The SMILES string of the molecule is COc1cc(CNC(C)CCCO)cc(Br)c1O. The van der Waals surface area contributed by atoms with E-state index in [1.54, 1.807) is 0 Å². The van der Waals surface area contributed by atoms with E-state index in [4.69, 9.17) is 9.84 Å². The Morgan fingerprint density at radius 1 is 1.44 bits per heavy atom. The average Bonchev–Trinajstić information content (AvgIpc) is 2.37. The summed E-state index contributed by atoms with van der Waals surface area (Å²) in [5.41, 5.74) is 1.03. The smallest absolute Gasteiger partial charge is 0.172 e. The van der Waals surface area contributed by atoms with Gasteiger partial charge in [0.1, 0.15) is 0 Å². The number of nitrogens with one attached hydrogen (secondary N) is 1. The van der Waals surface area contributed by atoms with Crippen molar-refractivity contribution in [3.8, 4) is 11.5 Å². The number of ether oxygens (including phenoxy) is 1. The Morgan fingerprint density at radius 3 is 2.78 bits per heavy atom. The first-order valence-electron chi connectivity index (χ1n) is 5.98. The van der Waals surface area contributed by atoms with Crippen LogP contribution < -0.4 is 10.1 Å². The van der Waals surface area contributed by atoms with Crippen molar-refractivity contribution < 1.29 is 14.9 Å². The minimum Gasteiger partial charge on any atom is -0.503 e. The normalized spacial score (nSPS) is 12.4. The van der Waals surface area contributed by atoms with E-state index in [2.05, 4.69) is 28.2 Å². The van der Waals surface area contributed by atoms with E-state index in [-0.39, 0.29) is 12.4 Å². The van der Waals surface area contributed by atoms with Gasteiger partial charge in [-0.25, -0.2) is 0 Å². The zero-order valence-corrected chi connectivity index (χ0v) is 12.3. The summed E-state index contributed by atoms with van der Waals surface area (Å²) in [5.74, 6) is 0.582. The Balaban J connectivity index is 2.59. The molecule has 1 aromatic rings. The molecule has 1 atom stereocenters. The summed E-state index contributed by atoms with van der Waals surface area (Å²) in [6.07, 6.45) is 1.74.